The van der Waals surface area contributed by atoms with Gasteiger partial charge in [-0.25, -0.2) is 0 Å². The normalized spacial score (nSPS) is 10.4. The number of fused-ring (bicyclic) bond motifs is 1. The van der Waals surface area contributed by atoms with Gasteiger partial charge in [0, 0.05) is 6.07 Å². The van der Waals surface area contributed by atoms with Gasteiger partial charge in [-0.3, -0.25) is 4.79 Å². The van der Waals surface area contributed by atoms with E-state index in [1.807, 2.05) is 0 Å². The van der Waals surface area contributed by atoms with Crippen LogP contribution in [0.25, 0.3) is 10.9 Å². The van der Waals surface area contributed by atoms with E-state index in [-0.39, 0.29) is 5.56 Å². The van der Waals surface area contributed by atoms with E-state index in [1.54, 1.807) is 19.2 Å². The molecule has 0 unspecified atom stereocenters. The lowest BCUT2D eigenvalue weighted by Crippen LogP contribution is -2.05. The molecule has 0 spiro atoms. The Morgan fingerprint density at radius 3 is 2.44 bits per heavy atom. The topological polar surface area (TPSA) is 51.3 Å². The van der Waals surface area contributed by atoms with Gasteiger partial charge in [0.15, 0.2) is 0 Å². The predicted molar refractivity (Wildman–Crippen MR) is 62.7 cm³/mol. The molecule has 1 aromatic heterocycles. The number of halogens is 1. The van der Waals surface area contributed by atoms with Crippen LogP contribution in [0.4, 0.5) is 0 Å². The van der Waals surface area contributed by atoms with Gasteiger partial charge in [-0.2, -0.15) is 0 Å². The zero-order chi connectivity index (χ0) is 11.7. The minimum absolute atomic E-state index is 0.274. The summed E-state index contributed by atoms with van der Waals surface area (Å²) in [6, 6.07) is 4.77. The van der Waals surface area contributed by atoms with Crippen molar-refractivity contribution in [2.45, 2.75) is 0 Å². The highest BCUT2D eigenvalue weighted by Gasteiger charge is 2.11. The van der Waals surface area contributed by atoms with Crippen LogP contribution in [0, 0.1) is 0 Å². The molecule has 84 valence electrons. The van der Waals surface area contributed by atoms with Gasteiger partial charge in [0.25, 0.3) is 0 Å². The lowest BCUT2D eigenvalue weighted by Gasteiger charge is -2.10. The molecule has 0 fully saturated rings. The first-order valence-corrected chi connectivity index (χ1v) is 4.98. The Balaban J connectivity index is 2.95. The van der Waals surface area contributed by atoms with Crippen molar-refractivity contribution >= 4 is 22.5 Å². The number of H-pyrrole nitrogens is 1. The zero-order valence-electron chi connectivity index (χ0n) is 8.83. The minimum atomic E-state index is -0.274. The van der Waals surface area contributed by atoms with Crippen LogP contribution in [-0.4, -0.2) is 19.2 Å². The van der Waals surface area contributed by atoms with Crippen LogP contribution >= 0.6 is 11.6 Å². The van der Waals surface area contributed by atoms with Crippen molar-refractivity contribution in [1.29, 1.82) is 0 Å². The number of hydrogen-bond acceptors (Lipinski definition) is 3. The third-order valence-electron chi connectivity index (χ3n) is 2.31. The molecule has 0 amide bonds. The number of hydrogen-bond donors (Lipinski definition) is 1. The van der Waals surface area contributed by atoms with Gasteiger partial charge in [0.2, 0.25) is 5.56 Å². The maximum Gasteiger partial charge on any atom is 0.250 e. The van der Waals surface area contributed by atoms with Crippen molar-refractivity contribution in [3.63, 3.8) is 0 Å². The third-order valence-corrected chi connectivity index (χ3v) is 2.61. The summed E-state index contributed by atoms with van der Waals surface area (Å²) < 4.78 is 10.3. The van der Waals surface area contributed by atoms with Gasteiger partial charge >= 0.3 is 0 Å². The molecule has 0 saturated heterocycles. The van der Waals surface area contributed by atoms with E-state index in [9.17, 15) is 4.79 Å². The summed E-state index contributed by atoms with van der Waals surface area (Å²) in [6.45, 7) is 0. The highest BCUT2D eigenvalue weighted by molar-refractivity contribution is 6.36. The van der Waals surface area contributed by atoms with Crippen molar-refractivity contribution in [2.24, 2.45) is 0 Å². The Kier molecular flexibility index (Phi) is 2.75. The number of benzene rings is 1. The largest absolute Gasteiger partial charge is 0.496 e. The zero-order valence-corrected chi connectivity index (χ0v) is 9.59. The fraction of sp³-hybridized carbons (Fsp3) is 0.182. The van der Waals surface area contributed by atoms with Crippen LogP contribution in [0.3, 0.4) is 0 Å². The molecule has 5 heteroatoms. The van der Waals surface area contributed by atoms with Crippen molar-refractivity contribution in [2.75, 3.05) is 14.2 Å². The molecule has 1 N–H and O–H groups in total. The molecule has 0 bridgehead atoms. The first kappa shape index (κ1) is 10.8. The second-order valence-corrected chi connectivity index (χ2v) is 3.61. The van der Waals surface area contributed by atoms with Gasteiger partial charge in [-0.05, 0) is 12.1 Å². The van der Waals surface area contributed by atoms with E-state index in [0.29, 0.717) is 27.4 Å². The Morgan fingerprint density at radius 1 is 1.19 bits per heavy atom. The number of rotatable bonds is 2. The number of aromatic nitrogens is 1. The van der Waals surface area contributed by atoms with Crippen LogP contribution in [0.15, 0.2) is 23.0 Å². The second-order valence-electron chi connectivity index (χ2n) is 3.20. The highest BCUT2D eigenvalue weighted by Crippen LogP contribution is 2.35. The van der Waals surface area contributed by atoms with Crippen molar-refractivity contribution in [1.82, 2.24) is 4.98 Å². The SMILES string of the molecule is COc1ccc(OC)c2c(Cl)cc(=O)[nH]c12. The summed E-state index contributed by atoms with van der Waals surface area (Å²) in [4.78, 5) is 14.0. The maximum absolute atomic E-state index is 11.3. The first-order chi connectivity index (χ1) is 7.67. The average Bonchev–Trinajstić information content (AvgIpc) is 2.27. The molecule has 0 aliphatic heterocycles. The lowest BCUT2D eigenvalue weighted by atomic mass is 10.2. The molecule has 2 rings (SSSR count). The van der Waals surface area contributed by atoms with E-state index < -0.39 is 0 Å². The van der Waals surface area contributed by atoms with Crippen molar-refractivity contribution in [3.8, 4) is 11.5 Å². The highest BCUT2D eigenvalue weighted by atomic mass is 35.5. The average molecular weight is 240 g/mol. The Hall–Kier alpha value is -1.68. The predicted octanol–water partition coefficient (Wildman–Crippen LogP) is 2.20. The van der Waals surface area contributed by atoms with Crippen molar-refractivity contribution in [3.05, 3.63) is 33.6 Å². The molecule has 2 aromatic rings. The molecule has 1 aromatic carbocycles. The molecule has 0 radical (unpaired) electrons. The second kappa shape index (κ2) is 4.06. The number of ether oxygens (including phenoxy) is 2. The monoisotopic (exact) mass is 239 g/mol. The molecule has 0 saturated carbocycles. The summed E-state index contributed by atoms with van der Waals surface area (Å²) in [5.74, 6) is 1.15. The summed E-state index contributed by atoms with van der Waals surface area (Å²) in [5, 5.41) is 0.984. The van der Waals surface area contributed by atoms with E-state index in [4.69, 9.17) is 21.1 Å². The quantitative estimate of drug-likeness (QED) is 0.874. The standard InChI is InChI=1S/C11H10ClNO3/c1-15-7-3-4-8(16-2)11-10(7)6(12)5-9(14)13-11/h3-5H,1-2H3,(H,13,14). The molecule has 1 heterocycles. The molecular formula is C11H10ClNO3. The Labute approximate surface area is 96.8 Å². The number of aromatic amines is 1. The van der Waals surface area contributed by atoms with E-state index in [1.165, 1.54) is 13.2 Å². The summed E-state index contributed by atoms with van der Waals surface area (Å²) in [7, 11) is 3.07. The van der Waals surface area contributed by atoms with E-state index in [2.05, 4.69) is 4.98 Å². The fourth-order valence-corrected chi connectivity index (χ4v) is 1.90. The summed E-state index contributed by atoms with van der Waals surface area (Å²) in [6.07, 6.45) is 0. The first-order valence-electron chi connectivity index (χ1n) is 4.61. The van der Waals surface area contributed by atoms with Crippen LogP contribution in [-0.2, 0) is 0 Å². The van der Waals surface area contributed by atoms with Gasteiger partial charge < -0.3 is 14.5 Å². The molecule has 16 heavy (non-hydrogen) atoms. The van der Waals surface area contributed by atoms with Gasteiger partial charge in [0.1, 0.15) is 11.5 Å². The van der Waals surface area contributed by atoms with E-state index >= 15 is 0 Å². The maximum atomic E-state index is 11.3. The van der Waals surface area contributed by atoms with Crippen molar-refractivity contribution < 1.29 is 9.47 Å². The van der Waals surface area contributed by atoms with Crippen LogP contribution < -0.4 is 15.0 Å². The fourth-order valence-electron chi connectivity index (χ4n) is 1.61. The van der Waals surface area contributed by atoms with Crippen LogP contribution in [0.5, 0.6) is 11.5 Å². The van der Waals surface area contributed by atoms with Gasteiger partial charge in [0.05, 0.1) is 30.1 Å². The molecule has 0 aliphatic carbocycles. The molecular weight excluding hydrogens is 230 g/mol. The molecule has 4 nitrogen and oxygen atoms in total. The van der Waals surface area contributed by atoms with Crippen LogP contribution in [0.1, 0.15) is 0 Å². The summed E-state index contributed by atoms with van der Waals surface area (Å²) in [5.41, 5.74) is 0.267. The lowest BCUT2D eigenvalue weighted by molar-refractivity contribution is 0.409. The Morgan fingerprint density at radius 2 is 1.81 bits per heavy atom. The van der Waals surface area contributed by atoms with Gasteiger partial charge in [-0.1, -0.05) is 11.6 Å². The molecule has 0 aliphatic rings. The van der Waals surface area contributed by atoms with E-state index in [0.717, 1.165) is 0 Å². The number of pyridine rings is 1. The summed E-state index contributed by atoms with van der Waals surface area (Å²) >= 11 is 6.02. The Bertz CT molecular complexity index is 592. The number of nitrogens with one attached hydrogen (secondary N) is 1. The number of methoxy groups -OCH3 is 2. The third kappa shape index (κ3) is 1.61. The van der Waals surface area contributed by atoms with Gasteiger partial charge in [-0.15, -0.1) is 0 Å². The van der Waals surface area contributed by atoms with Crippen LogP contribution in [0.2, 0.25) is 5.02 Å². The minimum Gasteiger partial charge on any atom is -0.496 e. The molecule has 0 atom stereocenters. The smallest absolute Gasteiger partial charge is 0.250 e.